The summed E-state index contributed by atoms with van der Waals surface area (Å²) in [5, 5.41) is 1.11. The summed E-state index contributed by atoms with van der Waals surface area (Å²) in [5.41, 5.74) is 9.70. The van der Waals surface area contributed by atoms with Crippen molar-refractivity contribution in [2.45, 2.75) is 0 Å². The molecule has 0 aliphatic carbocycles. The Kier molecular flexibility index (Phi) is 7.05. The summed E-state index contributed by atoms with van der Waals surface area (Å²) < 4.78 is 0. The average Bonchev–Trinajstić information content (AvgIpc) is 3.15. The minimum absolute atomic E-state index is 0.601. The van der Waals surface area contributed by atoms with Gasteiger partial charge in [-0.3, -0.25) is 15.0 Å². The van der Waals surface area contributed by atoms with Crippen LogP contribution in [0.15, 0.2) is 158 Å². The van der Waals surface area contributed by atoms with Gasteiger partial charge in [-0.1, -0.05) is 103 Å². The largest absolute Gasteiger partial charge is 0.256 e. The maximum atomic E-state index is 4.95. The van der Waals surface area contributed by atoms with Crippen molar-refractivity contribution in [2.75, 3.05) is 0 Å². The quantitative estimate of drug-likeness (QED) is 0.192. The Morgan fingerprint density at radius 2 is 0.761 bits per heavy atom. The van der Waals surface area contributed by atoms with Gasteiger partial charge in [0.15, 0.2) is 17.5 Å². The molecule has 216 valence electrons. The molecule has 0 N–H and O–H groups in total. The lowest BCUT2D eigenvalue weighted by atomic mass is 10.0. The normalized spacial score (nSPS) is 11.0. The standard InChI is InChI=1S/C40H26N6/c1-2-8-37-33(7-1)25-34(26-43-37)27-11-17-30(18-12-27)38-44-39(31-19-13-28(14-20-31)35-9-3-5-23-41-35)46-40(45-38)32-21-15-29(16-22-32)36-10-4-6-24-42-36/h1-26H. The smallest absolute Gasteiger partial charge is 0.164 e. The van der Waals surface area contributed by atoms with Gasteiger partial charge in [0.05, 0.1) is 16.9 Å². The summed E-state index contributed by atoms with van der Waals surface area (Å²) in [6, 6.07) is 46.8. The topological polar surface area (TPSA) is 77.3 Å². The van der Waals surface area contributed by atoms with E-state index in [1.807, 2.05) is 85.1 Å². The van der Waals surface area contributed by atoms with E-state index in [4.69, 9.17) is 15.0 Å². The van der Waals surface area contributed by atoms with Gasteiger partial charge >= 0.3 is 0 Å². The Balaban J connectivity index is 1.18. The zero-order valence-corrected chi connectivity index (χ0v) is 24.7. The number of aromatic nitrogens is 6. The molecule has 0 spiro atoms. The van der Waals surface area contributed by atoms with Crippen LogP contribution in [0.2, 0.25) is 0 Å². The molecule has 4 aromatic carbocycles. The predicted octanol–water partition coefficient (Wildman–Crippen LogP) is 9.21. The first-order chi connectivity index (χ1) is 22.8. The number of rotatable bonds is 6. The third-order valence-electron chi connectivity index (χ3n) is 7.91. The molecular weight excluding hydrogens is 564 g/mol. The number of pyridine rings is 3. The van der Waals surface area contributed by atoms with E-state index in [-0.39, 0.29) is 0 Å². The maximum Gasteiger partial charge on any atom is 0.164 e. The van der Waals surface area contributed by atoms with Crippen LogP contribution in [0, 0.1) is 0 Å². The van der Waals surface area contributed by atoms with Gasteiger partial charge in [0.25, 0.3) is 0 Å². The van der Waals surface area contributed by atoms with Crippen LogP contribution in [-0.4, -0.2) is 29.9 Å². The first-order valence-corrected chi connectivity index (χ1v) is 15.0. The molecule has 8 rings (SSSR count). The minimum atomic E-state index is 0.601. The van der Waals surface area contributed by atoms with E-state index in [2.05, 4.69) is 75.6 Å². The molecule has 0 aliphatic heterocycles. The molecule has 0 atom stereocenters. The van der Waals surface area contributed by atoms with E-state index in [9.17, 15) is 0 Å². The molecule has 6 heteroatoms. The molecule has 0 radical (unpaired) electrons. The van der Waals surface area contributed by atoms with Crippen molar-refractivity contribution in [3.63, 3.8) is 0 Å². The Hall–Kier alpha value is -6.40. The van der Waals surface area contributed by atoms with Crippen molar-refractivity contribution in [1.29, 1.82) is 0 Å². The van der Waals surface area contributed by atoms with Gasteiger partial charge in [-0.05, 0) is 42.0 Å². The van der Waals surface area contributed by atoms with Crippen LogP contribution in [0.3, 0.4) is 0 Å². The molecule has 0 aliphatic rings. The van der Waals surface area contributed by atoms with E-state index in [0.717, 1.165) is 61.2 Å². The first kappa shape index (κ1) is 27.2. The van der Waals surface area contributed by atoms with Crippen molar-refractivity contribution < 1.29 is 0 Å². The number of nitrogens with zero attached hydrogens (tertiary/aromatic N) is 6. The number of benzene rings is 4. The average molecular weight is 591 g/mol. The monoisotopic (exact) mass is 590 g/mol. The molecule has 6 nitrogen and oxygen atoms in total. The van der Waals surface area contributed by atoms with Crippen molar-refractivity contribution in [3.05, 3.63) is 158 Å². The molecule has 8 aromatic rings. The second kappa shape index (κ2) is 11.9. The summed E-state index contributed by atoms with van der Waals surface area (Å²) in [5.74, 6) is 1.80. The number of para-hydroxylation sites is 1. The van der Waals surface area contributed by atoms with Crippen LogP contribution in [0.4, 0.5) is 0 Å². The second-order valence-electron chi connectivity index (χ2n) is 10.9. The molecule has 0 fully saturated rings. The van der Waals surface area contributed by atoms with Crippen molar-refractivity contribution in [1.82, 2.24) is 29.9 Å². The summed E-state index contributed by atoms with van der Waals surface area (Å²) in [7, 11) is 0. The van der Waals surface area contributed by atoms with Crippen molar-refractivity contribution >= 4 is 10.9 Å². The minimum Gasteiger partial charge on any atom is -0.256 e. The second-order valence-corrected chi connectivity index (χ2v) is 10.9. The van der Waals surface area contributed by atoms with Crippen molar-refractivity contribution in [2.24, 2.45) is 0 Å². The maximum absolute atomic E-state index is 4.95. The SMILES string of the molecule is c1ccc(-c2ccc(-c3nc(-c4ccc(-c5cnc6ccccc6c5)cc4)nc(-c4ccc(-c5ccccn5)cc4)n3)cc2)nc1. The summed E-state index contributed by atoms with van der Waals surface area (Å²) in [4.78, 5) is 28.4. The lowest BCUT2D eigenvalue weighted by Gasteiger charge is -2.10. The summed E-state index contributed by atoms with van der Waals surface area (Å²) >= 11 is 0. The fraction of sp³-hybridized carbons (Fsp3) is 0. The molecule has 0 unspecified atom stereocenters. The molecule has 0 bridgehead atoms. The van der Waals surface area contributed by atoms with Crippen LogP contribution in [0.25, 0.3) is 78.7 Å². The van der Waals surface area contributed by atoms with Gasteiger partial charge in [-0.25, -0.2) is 15.0 Å². The van der Waals surface area contributed by atoms with Crippen molar-refractivity contribution in [3.8, 4) is 67.8 Å². The lowest BCUT2D eigenvalue weighted by Crippen LogP contribution is -2.00. The molecule has 46 heavy (non-hydrogen) atoms. The number of hydrogen-bond acceptors (Lipinski definition) is 6. The fourth-order valence-electron chi connectivity index (χ4n) is 5.45. The number of fused-ring (bicyclic) bond motifs is 1. The van der Waals surface area contributed by atoms with Crippen LogP contribution < -0.4 is 0 Å². The van der Waals surface area contributed by atoms with Gasteiger partial charge in [-0.2, -0.15) is 0 Å². The van der Waals surface area contributed by atoms with Gasteiger partial charge in [-0.15, -0.1) is 0 Å². The fourth-order valence-corrected chi connectivity index (χ4v) is 5.45. The van der Waals surface area contributed by atoms with Gasteiger partial charge < -0.3 is 0 Å². The van der Waals surface area contributed by atoms with Gasteiger partial charge in [0.1, 0.15) is 0 Å². The highest BCUT2D eigenvalue weighted by Gasteiger charge is 2.14. The number of hydrogen-bond donors (Lipinski definition) is 0. The summed E-state index contributed by atoms with van der Waals surface area (Å²) in [6.07, 6.45) is 5.52. The Morgan fingerprint density at radius 1 is 0.326 bits per heavy atom. The van der Waals surface area contributed by atoms with Crippen LogP contribution in [0.5, 0.6) is 0 Å². The van der Waals surface area contributed by atoms with E-state index < -0.39 is 0 Å². The lowest BCUT2D eigenvalue weighted by molar-refractivity contribution is 1.07. The van der Waals surface area contributed by atoms with Crippen LogP contribution in [-0.2, 0) is 0 Å². The zero-order valence-electron chi connectivity index (χ0n) is 24.7. The molecule has 0 saturated carbocycles. The molecule has 4 heterocycles. The van der Waals surface area contributed by atoms with Gasteiger partial charge in [0.2, 0.25) is 0 Å². The molecule has 0 saturated heterocycles. The zero-order chi connectivity index (χ0) is 30.7. The summed E-state index contributed by atoms with van der Waals surface area (Å²) in [6.45, 7) is 0. The van der Waals surface area contributed by atoms with E-state index >= 15 is 0 Å². The molecule has 4 aromatic heterocycles. The highest BCUT2D eigenvalue weighted by atomic mass is 15.0. The first-order valence-electron chi connectivity index (χ1n) is 15.0. The highest BCUT2D eigenvalue weighted by molar-refractivity contribution is 5.84. The van der Waals surface area contributed by atoms with E-state index in [1.165, 1.54) is 0 Å². The third kappa shape index (κ3) is 5.51. The Morgan fingerprint density at radius 3 is 1.24 bits per heavy atom. The van der Waals surface area contributed by atoms with Crippen LogP contribution in [0.1, 0.15) is 0 Å². The molecule has 0 amide bonds. The highest BCUT2D eigenvalue weighted by Crippen LogP contribution is 2.30. The molecular formula is C40H26N6. The van der Waals surface area contributed by atoms with E-state index in [0.29, 0.717) is 17.5 Å². The van der Waals surface area contributed by atoms with Crippen LogP contribution >= 0.6 is 0 Å². The third-order valence-corrected chi connectivity index (χ3v) is 7.91. The Labute approximate surface area is 266 Å². The van der Waals surface area contributed by atoms with E-state index in [1.54, 1.807) is 12.4 Å². The Bertz CT molecular complexity index is 2170. The van der Waals surface area contributed by atoms with Gasteiger partial charge in [0, 0.05) is 57.4 Å². The predicted molar refractivity (Wildman–Crippen MR) is 183 cm³/mol.